The Morgan fingerprint density at radius 3 is 2.08 bits per heavy atom. The van der Waals surface area contributed by atoms with Gasteiger partial charge in [0, 0.05) is 0 Å². The van der Waals surface area contributed by atoms with Gasteiger partial charge in [0.15, 0.2) is 11.5 Å². The molecule has 140 valence electrons. The highest BCUT2D eigenvalue weighted by atomic mass is 19.4. The monoisotopic (exact) mass is 378 g/mol. The van der Waals surface area contributed by atoms with Crippen molar-refractivity contribution in [3.63, 3.8) is 0 Å². The summed E-state index contributed by atoms with van der Waals surface area (Å²) >= 11 is 0. The lowest BCUT2D eigenvalue weighted by atomic mass is 9.98. The molecule has 0 saturated heterocycles. The SMILES string of the molecule is CCc1cccc(C(=O)Oc2ccccc2OC(F)(F)F)c1C(F)(F)F. The zero-order valence-electron chi connectivity index (χ0n) is 13.2. The number of ether oxygens (including phenoxy) is 2. The van der Waals surface area contributed by atoms with Crippen LogP contribution >= 0.6 is 0 Å². The Bertz CT molecular complexity index is 796. The Labute approximate surface area is 144 Å². The van der Waals surface area contributed by atoms with Crippen LogP contribution in [0, 0.1) is 0 Å². The summed E-state index contributed by atoms with van der Waals surface area (Å²) in [6, 6.07) is 7.65. The minimum Gasteiger partial charge on any atom is -0.419 e. The molecule has 2 aromatic rings. The van der Waals surface area contributed by atoms with E-state index < -0.39 is 41.1 Å². The van der Waals surface area contributed by atoms with E-state index in [1.807, 2.05) is 0 Å². The molecule has 0 fully saturated rings. The quantitative estimate of drug-likeness (QED) is 0.407. The van der Waals surface area contributed by atoms with E-state index in [9.17, 15) is 31.1 Å². The van der Waals surface area contributed by atoms with Gasteiger partial charge in [-0.3, -0.25) is 0 Å². The van der Waals surface area contributed by atoms with Crippen molar-refractivity contribution >= 4 is 5.97 Å². The van der Waals surface area contributed by atoms with E-state index in [1.165, 1.54) is 31.2 Å². The molecule has 2 rings (SSSR count). The molecule has 2 aromatic carbocycles. The molecular formula is C17H12F6O3. The van der Waals surface area contributed by atoms with Gasteiger partial charge in [0.1, 0.15) is 0 Å². The second-order valence-corrected chi connectivity index (χ2v) is 5.08. The highest BCUT2D eigenvalue weighted by Crippen LogP contribution is 2.37. The molecule has 0 aromatic heterocycles. The van der Waals surface area contributed by atoms with Crippen molar-refractivity contribution in [2.24, 2.45) is 0 Å². The first kappa shape index (κ1) is 19.6. The summed E-state index contributed by atoms with van der Waals surface area (Å²) in [5.41, 5.74) is -2.10. The zero-order chi connectivity index (χ0) is 19.5. The highest BCUT2D eigenvalue weighted by molar-refractivity contribution is 5.93. The molecule has 26 heavy (non-hydrogen) atoms. The summed E-state index contributed by atoms with van der Waals surface area (Å²) in [7, 11) is 0. The average Bonchev–Trinajstić information content (AvgIpc) is 2.53. The van der Waals surface area contributed by atoms with Crippen LogP contribution in [0.1, 0.15) is 28.4 Å². The van der Waals surface area contributed by atoms with Gasteiger partial charge in [-0.2, -0.15) is 13.2 Å². The van der Waals surface area contributed by atoms with Crippen molar-refractivity contribution in [2.75, 3.05) is 0 Å². The predicted molar refractivity (Wildman–Crippen MR) is 78.9 cm³/mol. The second-order valence-electron chi connectivity index (χ2n) is 5.08. The standard InChI is InChI=1S/C17H12F6O3/c1-2-10-6-5-7-11(14(10)16(18,19)20)15(24)25-12-8-3-4-9-13(12)26-17(21,22)23/h3-9H,2H2,1H3. The number of carbonyl (C=O) groups excluding carboxylic acids is 1. The number of alkyl halides is 6. The smallest absolute Gasteiger partial charge is 0.419 e. The van der Waals surface area contributed by atoms with E-state index in [-0.39, 0.29) is 12.0 Å². The van der Waals surface area contributed by atoms with Crippen LogP contribution in [0.2, 0.25) is 0 Å². The van der Waals surface area contributed by atoms with Crippen molar-refractivity contribution in [3.8, 4) is 11.5 Å². The Balaban J connectivity index is 2.41. The van der Waals surface area contributed by atoms with Gasteiger partial charge in [-0.25, -0.2) is 4.79 Å². The van der Waals surface area contributed by atoms with Crippen LogP contribution in [0.25, 0.3) is 0 Å². The molecule has 0 saturated carbocycles. The van der Waals surface area contributed by atoms with E-state index in [0.717, 1.165) is 18.2 Å². The van der Waals surface area contributed by atoms with Crippen LogP contribution in [0.3, 0.4) is 0 Å². The van der Waals surface area contributed by atoms with Crippen LogP contribution < -0.4 is 9.47 Å². The zero-order valence-corrected chi connectivity index (χ0v) is 13.2. The third kappa shape index (κ3) is 4.68. The van der Waals surface area contributed by atoms with Gasteiger partial charge < -0.3 is 9.47 Å². The van der Waals surface area contributed by atoms with Crippen molar-refractivity contribution < 1.29 is 40.6 Å². The Morgan fingerprint density at radius 1 is 0.923 bits per heavy atom. The van der Waals surface area contributed by atoms with E-state index in [1.54, 1.807) is 0 Å². The van der Waals surface area contributed by atoms with Gasteiger partial charge >= 0.3 is 18.5 Å². The number of hydrogen-bond acceptors (Lipinski definition) is 3. The molecule has 0 radical (unpaired) electrons. The predicted octanol–water partition coefficient (Wildman–Crippen LogP) is 5.39. The number of esters is 1. The summed E-state index contributed by atoms with van der Waals surface area (Å²) in [5, 5.41) is 0. The summed E-state index contributed by atoms with van der Waals surface area (Å²) in [4.78, 5) is 12.2. The molecule has 0 heterocycles. The fourth-order valence-electron chi connectivity index (χ4n) is 2.30. The van der Waals surface area contributed by atoms with Gasteiger partial charge in [0.05, 0.1) is 11.1 Å². The van der Waals surface area contributed by atoms with Crippen LogP contribution in [-0.4, -0.2) is 12.3 Å². The summed E-state index contributed by atoms with van der Waals surface area (Å²) in [5.74, 6) is -2.93. The normalized spacial score (nSPS) is 12.0. The van der Waals surface area contributed by atoms with Crippen LogP contribution in [0.4, 0.5) is 26.3 Å². The van der Waals surface area contributed by atoms with Gasteiger partial charge in [-0.1, -0.05) is 31.2 Å². The molecule has 0 aliphatic rings. The highest BCUT2D eigenvalue weighted by Gasteiger charge is 2.38. The number of aryl methyl sites for hydroxylation is 1. The number of para-hydroxylation sites is 2. The van der Waals surface area contributed by atoms with Crippen molar-refractivity contribution in [2.45, 2.75) is 25.9 Å². The Morgan fingerprint density at radius 2 is 1.54 bits per heavy atom. The molecule has 0 unspecified atom stereocenters. The van der Waals surface area contributed by atoms with Gasteiger partial charge in [0.2, 0.25) is 0 Å². The van der Waals surface area contributed by atoms with E-state index in [4.69, 9.17) is 4.74 Å². The van der Waals surface area contributed by atoms with Gasteiger partial charge in [0.25, 0.3) is 0 Å². The van der Waals surface area contributed by atoms with Gasteiger partial charge in [-0.15, -0.1) is 13.2 Å². The third-order valence-electron chi connectivity index (χ3n) is 3.31. The first-order valence-electron chi connectivity index (χ1n) is 7.29. The van der Waals surface area contributed by atoms with Crippen molar-refractivity contribution in [3.05, 3.63) is 59.2 Å². The van der Waals surface area contributed by atoms with E-state index in [0.29, 0.717) is 0 Å². The van der Waals surface area contributed by atoms with Crippen LogP contribution in [0.15, 0.2) is 42.5 Å². The molecule has 0 N–H and O–H groups in total. The number of halogens is 6. The first-order chi connectivity index (χ1) is 12.0. The summed E-state index contributed by atoms with van der Waals surface area (Å²) < 4.78 is 85.6. The maximum Gasteiger partial charge on any atom is 0.573 e. The molecule has 0 amide bonds. The molecule has 0 spiro atoms. The van der Waals surface area contributed by atoms with Crippen molar-refractivity contribution in [1.82, 2.24) is 0 Å². The number of rotatable bonds is 4. The van der Waals surface area contributed by atoms with Crippen LogP contribution in [-0.2, 0) is 12.6 Å². The molecule has 0 bridgehead atoms. The maximum absolute atomic E-state index is 13.3. The van der Waals surface area contributed by atoms with Crippen LogP contribution in [0.5, 0.6) is 11.5 Å². The lowest BCUT2D eigenvalue weighted by molar-refractivity contribution is -0.275. The van der Waals surface area contributed by atoms with E-state index >= 15 is 0 Å². The summed E-state index contributed by atoms with van der Waals surface area (Å²) in [6.45, 7) is 1.48. The topological polar surface area (TPSA) is 35.5 Å². The fourth-order valence-corrected chi connectivity index (χ4v) is 2.30. The second kappa shape index (κ2) is 7.27. The molecule has 3 nitrogen and oxygen atoms in total. The molecule has 0 atom stereocenters. The Kier molecular flexibility index (Phi) is 5.48. The Hall–Kier alpha value is -2.71. The van der Waals surface area contributed by atoms with E-state index in [2.05, 4.69) is 4.74 Å². The largest absolute Gasteiger partial charge is 0.573 e. The van der Waals surface area contributed by atoms with Crippen molar-refractivity contribution in [1.29, 1.82) is 0 Å². The number of carbonyl (C=O) groups is 1. The minimum atomic E-state index is -5.05. The molecular weight excluding hydrogens is 366 g/mol. The average molecular weight is 378 g/mol. The molecule has 0 aliphatic heterocycles. The summed E-state index contributed by atoms with van der Waals surface area (Å²) in [6.07, 6.45) is -9.88. The maximum atomic E-state index is 13.3. The third-order valence-corrected chi connectivity index (χ3v) is 3.31. The number of hydrogen-bond donors (Lipinski definition) is 0. The molecule has 9 heteroatoms. The first-order valence-corrected chi connectivity index (χ1v) is 7.29. The van der Waals surface area contributed by atoms with Gasteiger partial charge in [-0.05, 0) is 30.2 Å². The number of benzene rings is 2. The lowest BCUT2D eigenvalue weighted by Gasteiger charge is -2.17. The molecule has 0 aliphatic carbocycles. The minimum absolute atomic E-state index is 0.00371. The fraction of sp³-hybridized carbons (Fsp3) is 0.235. The lowest BCUT2D eigenvalue weighted by Crippen LogP contribution is -2.21.